The minimum Gasteiger partial charge on any atom is -0.489 e. The topological polar surface area (TPSA) is 88.0 Å². The van der Waals surface area contributed by atoms with Crippen molar-refractivity contribution < 1.29 is 24.5 Å². The summed E-state index contributed by atoms with van der Waals surface area (Å²) < 4.78 is 12.2. The van der Waals surface area contributed by atoms with Gasteiger partial charge in [0.25, 0.3) is 0 Å². The zero-order chi connectivity index (χ0) is 24.9. The van der Waals surface area contributed by atoms with Crippen LogP contribution in [0.5, 0.6) is 11.5 Å². The lowest BCUT2D eigenvalue weighted by molar-refractivity contribution is -0.137. The van der Waals surface area contributed by atoms with Gasteiger partial charge in [-0.05, 0) is 53.8 Å². The van der Waals surface area contributed by atoms with Crippen molar-refractivity contribution >= 4 is 5.97 Å². The van der Waals surface area contributed by atoms with Crippen molar-refractivity contribution in [3.05, 3.63) is 95.6 Å². The molecule has 2 atom stereocenters. The Kier molecular flexibility index (Phi) is 10.6. The van der Waals surface area contributed by atoms with Gasteiger partial charge in [0.2, 0.25) is 0 Å². The SMILES string of the molecule is CCCCCC(Oc1ccc(OCc2ccccc2)cc1)c1ccc(C(O)NCCC(=O)O)cc1. The molecule has 3 aromatic rings. The second kappa shape index (κ2) is 14.1. The first kappa shape index (κ1) is 26.3. The van der Waals surface area contributed by atoms with Crippen molar-refractivity contribution in [2.45, 2.75) is 58.0 Å². The van der Waals surface area contributed by atoms with Crippen LogP contribution in [0, 0.1) is 0 Å². The zero-order valence-corrected chi connectivity index (χ0v) is 20.2. The van der Waals surface area contributed by atoms with Crippen LogP contribution in [-0.4, -0.2) is 22.7 Å². The first-order valence-electron chi connectivity index (χ1n) is 12.2. The monoisotopic (exact) mass is 477 g/mol. The highest BCUT2D eigenvalue weighted by Crippen LogP contribution is 2.29. The van der Waals surface area contributed by atoms with E-state index in [-0.39, 0.29) is 19.1 Å². The molecule has 0 aliphatic rings. The summed E-state index contributed by atoms with van der Waals surface area (Å²) >= 11 is 0. The Balaban J connectivity index is 1.61. The molecule has 0 saturated carbocycles. The molecule has 0 fully saturated rings. The molecule has 3 rings (SSSR count). The summed E-state index contributed by atoms with van der Waals surface area (Å²) in [5.74, 6) is 0.665. The summed E-state index contributed by atoms with van der Waals surface area (Å²) in [6.45, 7) is 2.90. The Morgan fingerprint density at radius 2 is 1.54 bits per heavy atom. The lowest BCUT2D eigenvalue weighted by Crippen LogP contribution is -2.23. The summed E-state index contributed by atoms with van der Waals surface area (Å²) in [4.78, 5) is 10.7. The number of aliphatic carboxylic acids is 1. The average Bonchev–Trinajstić information content (AvgIpc) is 2.88. The first-order valence-corrected chi connectivity index (χ1v) is 12.2. The fourth-order valence-corrected chi connectivity index (χ4v) is 3.72. The second-order valence-corrected chi connectivity index (χ2v) is 8.52. The number of benzene rings is 3. The smallest absolute Gasteiger partial charge is 0.304 e. The largest absolute Gasteiger partial charge is 0.489 e. The summed E-state index contributed by atoms with van der Waals surface area (Å²) in [5.41, 5.74) is 2.84. The number of ether oxygens (including phenoxy) is 2. The van der Waals surface area contributed by atoms with Crippen LogP contribution in [0.2, 0.25) is 0 Å². The number of hydrogen-bond donors (Lipinski definition) is 3. The van der Waals surface area contributed by atoms with Crippen LogP contribution in [-0.2, 0) is 11.4 Å². The molecule has 0 heterocycles. The van der Waals surface area contributed by atoms with Gasteiger partial charge in [-0.2, -0.15) is 0 Å². The molecular formula is C29H35NO5. The molecule has 0 aromatic heterocycles. The molecule has 0 spiro atoms. The van der Waals surface area contributed by atoms with Gasteiger partial charge in [0, 0.05) is 6.54 Å². The standard InChI is InChI=1S/C29H35NO5/c1-2-3-5-10-27(23-11-13-24(14-12-23)29(33)30-20-19-28(31)32)35-26-17-15-25(16-18-26)34-21-22-8-6-4-7-9-22/h4,6-9,11-18,27,29-30,33H,2-3,5,10,19-21H2,1H3,(H,31,32). The Labute approximate surface area is 207 Å². The van der Waals surface area contributed by atoms with Gasteiger partial charge in [-0.25, -0.2) is 0 Å². The van der Waals surface area contributed by atoms with Crippen molar-refractivity contribution in [3.8, 4) is 11.5 Å². The minimum atomic E-state index is -0.911. The first-order chi connectivity index (χ1) is 17.0. The summed E-state index contributed by atoms with van der Waals surface area (Å²) in [6.07, 6.45) is 3.15. The van der Waals surface area contributed by atoms with E-state index < -0.39 is 12.2 Å². The van der Waals surface area contributed by atoms with Crippen LogP contribution < -0.4 is 14.8 Å². The maximum absolute atomic E-state index is 10.7. The number of carboxylic acid groups (broad SMARTS) is 1. The zero-order valence-electron chi connectivity index (χ0n) is 20.2. The van der Waals surface area contributed by atoms with E-state index in [4.69, 9.17) is 14.6 Å². The van der Waals surface area contributed by atoms with E-state index in [2.05, 4.69) is 12.2 Å². The van der Waals surface area contributed by atoms with E-state index >= 15 is 0 Å². The molecule has 0 bridgehead atoms. The van der Waals surface area contributed by atoms with E-state index in [0.717, 1.165) is 48.3 Å². The van der Waals surface area contributed by atoms with Gasteiger partial charge in [0.1, 0.15) is 30.4 Å². The highest BCUT2D eigenvalue weighted by atomic mass is 16.5. The number of aliphatic hydroxyl groups is 1. The number of nitrogens with one attached hydrogen (secondary N) is 1. The molecule has 186 valence electrons. The number of aliphatic hydroxyl groups excluding tert-OH is 1. The van der Waals surface area contributed by atoms with E-state index in [1.165, 1.54) is 0 Å². The van der Waals surface area contributed by atoms with Crippen molar-refractivity contribution in [2.24, 2.45) is 0 Å². The van der Waals surface area contributed by atoms with Crippen molar-refractivity contribution in [3.63, 3.8) is 0 Å². The van der Waals surface area contributed by atoms with Crippen molar-refractivity contribution in [1.29, 1.82) is 0 Å². The number of carboxylic acids is 1. The Hall–Kier alpha value is -3.35. The van der Waals surface area contributed by atoms with Crippen molar-refractivity contribution in [1.82, 2.24) is 5.32 Å². The van der Waals surface area contributed by atoms with E-state index in [0.29, 0.717) is 12.2 Å². The number of carbonyl (C=O) groups is 1. The second-order valence-electron chi connectivity index (χ2n) is 8.52. The van der Waals surface area contributed by atoms with Crippen molar-refractivity contribution in [2.75, 3.05) is 6.54 Å². The van der Waals surface area contributed by atoms with E-state index in [9.17, 15) is 9.90 Å². The summed E-state index contributed by atoms with van der Waals surface area (Å²) in [5, 5.41) is 21.8. The average molecular weight is 478 g/mol. The fraction of sp³-hybridized carbons (Fsp3) is 0.345. The molecule has 0 amide bonds. The molecule has 6 heteroatoms. The molecule has 0 aliphatic heterocycles. The third-order valence-corrected chi connectivity index (χ3v) is 5.72. The molecule has 0 aliphatic carbocycles. The van der Waals surface area contributed by atoms with Gasteiger partial charge in [0.05, 0.1) is 6.42 Å². The van der Waals surface area contributed by atoms with Gasteiger partial charge in [0.15, 0.2) is 0 Å². The molecule has 0 saturated heterocycles. The number of hydrogen-bond acceptors (Lipinski definition) is 5. The predicted molar refractivity (Wildman–Crippen MR) is 136 cm³/mol. The molecule has 6 nitrogen and oxygen atoms in total. The quantitative estimate of drug-likeness (QED) is 0.183. The summed E-state index contributed by atoms with van der Waals surface area (Å²) in [6, 6.07) is 25.4. The Morgan fingerprint density at radius 3 is 2.20 bits per heavy atom. The number of unbranched alkanes of at least 4 members (excludes halogenated alkanes) is 2. The highest BCUT2D eigenvalue weighted by molar-refractivity contribution is 5.66. The molecule has 3 N–H and O–H groups in total. The third-order valence-electron chi connectivity index (χ3n) is 5.72. The fourth-order valence-electron chi connectivity index (χ4n) is 3.72. The predicted octanol–water partition coefficient (Wildman–Crippen LogP) is 6.02. The molecule has 0 radical (unpaired) electrons. The maximum Gasteiger partial charge on any atom is 0.304 e. The minimum absolute atomic E-state index is 0.0431. The van der Waals surface area contributed by atoms with Gasteiger partial charge < -0.3 is 19.7 Å². The lowest BCUT2D eigenvalue weighted by Gasteiger charge is -2.21. The summed E-state index contributed by atoms with van der Waals surface area (Å²) in [7, 11) is 0. The van der Waals surface area contributed by atoms with Crippen LogP contribution in [0.1, 0.15) is 68.1 Å². The molecule has 35 heavy (non-hydrogen) atoms. The van der Waals surface area contributed by atoms with Gasteiger partial charge in [-0.1, -0.05) is 74.4 Å². The van der Waals surface area contributed by atoms with Gasteiger partial charge in [-0.15, -0.1) is 0 Å². The van der Waals surface area contributed by atoms with Crippen LogP contribution in [0.25, 0.3) is 0 Å². The molecule has 2 unspecified atom stereocenters. The Morgan fingerprint density at radius 1 is 0.886 bits per heavy atom. The highest BCUT2D eigenvalue weighted by Gasteiger charge is 2.15. The lowest BCUT2D eigenvalue weighted by atomic mass is 10.0. The Bertz CT molecular complexity index is 1010. The molecular weight excluding hydrogens is 442 g/mol. The number of rotatable bonds is 15. The molecule has 3 aromatic carbocycles. The van der Waals surface area contributed by atoms with Gasteiger partial charge in [-0.3, -0.25) is 10.1 Å². The van der Waals surface area contributed by atoms with E-state index in [1.54, 1.807) is 0 Å². The normalized spacial score (nSPS) is 12.6. The van der Waals surface area contributed by atoms with Crippen LogP contribution in [0.15, 0.2) is 78.9 Å². The van der Waals surface area contributed by atoms with Gasteiger partial charge >= 0.3 is 5.97 Å². The maximum atomic E-state index is 10.7. The van der Waals surface area contributed by atoms with Crippen LogP contribution in [0.3, 0.4) is 0 Å². The van der Waals surface area contributed by atoms with E-state index in [1.807, 2.05) is 78.9 Å². The van der Waals surface area contributed by atoms with Crippen LogP contribution >= 0.6 is 0 Å². The van der Waals surface area contributed by atoms with Crippen LogP contribution in [0.4, 0.5) is 0 Å². The third kappa shape index (κ3) is 9.08.